The lowest BCUT2D eigenvalue weighted by Gasteiger charge is -2.10. The molecule has 6 rings (SSSR count). The molecule has 0 N–H and O–H groups in total. The van der Waals surface area contributed by atoms with E-state index in [2.05, 4.69) is 83.6 Å². The molecule has 0 saturated carbocycles. The van der Waals surface area contributed by atoms with Crippen molar-refractivity contribution in [2.45, 2.75) is 13.8 Å². The summed E-state index contributed by atoms with van der Waals surface area (Å²) in [4.78, 5) is 10.2. The molecule has 0 spiro atoms. The fourth-order valence-corrected chi connectivity index (χ4v) is 4.65. The summed E-state index contributed by atoms with van der Waals surface area (Å²) in [6, 6.07) is 24.5. The molecule has 2 aromatic carbocycles. The average Bonchev–Trinajstić information content (AvgIpc) is 3.46. The van der Waals surface area contributed by atoms with Crippen molar-refractivity contribution in [2.24, 2.45) is 0 Å². The highest BCUT2D eigenvalue weighted by atomic mass is 16.5. The van der Waals surface area contributed by atoms with Crippen LogP contribution in [0.5, 0.6) is 11.5 Å². The Morgan fingerprint density at radius 1 is 0.556 bits per heavy atom. The van der Waals surface area contributed by atoms with Crippen LogP contribution in [-0.2, 0) is 0 Å². The third-order valence-electron chi connectivity index (χ3n) is 6.51. The molecule has 6 nitrogen and oxygen atoms in total. The van der Waals surface area contributed by atoms with Gasteiger partial charge in [0.25, 0.3) is 0 Å². The van der Waals surface area contributed by atoms with Gasteiger partial charge in [-0.05, 0) is 97.8 Å². The van der Waals surface area contributed by atoms with Crippen LogP contribution >= 0.6 is 0 Å². The number of benzene rings is 2. The highest BCUT2D eigenvalue weighted by molar-refractivity contribution is 5.89. The van der Waals surface area contributed by atoms with E-state index in [4.69, 9.17) is 19.4 Å². The van der Waals surface area contributed by atoms with Gasteiger partial charge in [-0.3, -0.25) is 8.80 Å². The number of hydrogen-bond donors (Lipinski definition) is 0. The van der Waals surface area contributed by atoms with Crippen LogP contribution in [0, 0.1) is 13.8 Å². The van der Waals surface area contributed by atoms with Crippen LogP contribution in [0.15, 0.2) is 85.2 Å². The molecule has 0 aliphatic heterocycles. The number of aryl methyl sites for hydroxylation is 2. The van der Waals surface area contributed by atoms with Crippen LogP contribution in [0.25, 0.3) is 45.2 Å². The zero-order chi connectivity index (χ0) is 24.8. The van der Waals surface area contributed by atoms with Gasteiger partial charge < -0.3 is 9.47 Å². The topological polar surface area (TPSA) is 53.1 Å². The fraction of sp³-hybridized carbons (Fsp3) is 0.133. The summed E-state index contributed by atoms with van der Waals surface area (Å²) in [5.74, 6) is 1.62. The van der Waals surface area contributed by atoms with Gasteiger partial charge in [-0.1, -0.05) is 0 Å². The van der Waals surface area contributed by atoms with Crippen LogP contribution < -0.4 is 9.47 Å². The van der Waals surface area contributed by atoms with Gasteiger partial charge in [0.1, 0.15) is 22.8 Å². The molecule has 4 heterocycles. The quantitative estimate of drug-likeness (QED) is 0.282. The third kappa shape index (κ3) is 3.58. The summed E-state index contributed by atoms with van der Waals surface area (Å²) in [6.45, 7) is 4.17. The number of pyridine rings is 2. The fourth-order valence-electron chi connectivity index (χ4n) is 4.65. The summed E-state index contributed by atoms with van der Waals surface area (Å²) >= 11 is 0. The zero-order valence-electron chi connectivity index (χ0n) is 20.7. The number of aromatic nitrogens is 4. The molecule has 0 fully saturated rings. The Hall–Kier alpha value is -4.58. The van der Waals surface area contributed by atoms with Gasteiger partial charge in [0.05, 0.1) is 37.0 Å². The Labute approximate surface area is 209 Å². The van der Waals surface area contributed by atoms with Crippen molar-refractivity contribution in [2.75, 3.05) is 14.2 Å². The number of imidazole rings is 2. The summed E-state index contributed by atoms with van der Waals surface area (Å²) in [5, 5.41) is 0. The number of methoxy groups -OCH3 is 2. The van der Waals surface area contributed by atoms with Crippen LogP contribution in [0.3, 0.4) is 0 Å². The molecule has 0 aliphatic carbocycles. The molecule has 0 saturated heterocycles. The van der Waals surface area contributed by atoms with E-state index in [0.717, 1.165) is 67.8 Å². The molecule has 6 heteroatoms. The number of hydrogen-bond acceptors (Lipinski definition) is 4. The molecule has 4 aromatic heterocycles. The summed E-state index contributed by atoms with van der Waals surface area (Å²) < 4.78 is 15.1. The molecule has 36 heavy (non-hydrogen) atoms. The summed E-state index contributed by atoms with van der Waals surface area (Å²) in [6.07, 6.45) is 4.18. The van der Waals surface area contributed by atoms with E-state index >= 15 is 0 Å². The highest BCUT2D eigenvalue weighted by Gasteiger charge is 2.24. The van der Waals surface area contributed by atoms with Crippen LogP contribution in [0.4, 0.5) is 0 Å². The van der Waals surface area contributed by atoms with E-state index in [1.165, 1.54) is 0 Å². The molecular weight excluding hydrogens is 448 g/mol. The van der Waals surface area contributed by atoms with Crippen molar-refractivity contribution in [1.82, 2.24) is 18.8 Å². The molecule has 178 valence electrons. The van der Waals surface area contributed by atoms with Crippen molar-refractivity contribution >= 4 is 11.3 Å². The van der Waals surface area contributed by atoms with Gasteiger partial charge in [-0.15, -0.1) is 0 Å². The lowest BCUT2D eigenvalue weighted by atomic mass is 10.0. The van der Waals surface area contributed by atoms with Crippen LogP contribution in [-0.4, -0.2) is 33.0 Å². The standard InChI is InChI=1S/C30H26N4O2/c1-19-13-15-33-25(17-19)31-27(21-5-9-23(35-3)10-6-21)29(33)30-28(22-7-11-24(36-4)12-8-22)32-26-18-20(2)14-16-34(26)30/h5-18H,1-4H3. The molecule has 6 aromatic rings. The lowest BCUT2D eigenvalue weighted by Crippen LogP contribution is -1.96. The number of fused-ring (bicyclic) bond motifs is 2. The van der Waals surface area contributed by atoms with Crippen molar-refractivity contribution < 1.29 is 9.47 Å². The van der Waals surface area contributed by atoms with Gasteiger partial charge in [-0.25, -0.2) is 9.97 Å². The molecule has 0 bridgehead atoms. The van der Waals surface area contributed by atoms with Crippen LogP contribution in [0.2, 0.25) is 0 Å². The Kier molecular flexibility index (Phi) is 5.22. The van der Waals surface area contributed by atoms with Crippen molar-refractivity contribution in [3.63, 3.8) is 0 Å². The highest BCUT2D eigenvalue weighted by Crippen LogP contribution is 2.40. The first-order chi connectivity index (χ1) is 17.6. The normalized spacial score (nSPS) is 11.3. The average molecular weight is 475 g/mol. The SMILES string of the molecule is COc1ccc(-c2nc3cc(C)ccn3c2-c2c(-c3ccc(OC)cc3)nc3cc(C)ccn23)cc1. The van der Waals surface area contributed by atoms with Gasteiger partial charge in [0.15, 0.2) is 0 Å². The first-order valence-corrected chi connectivity index (χ1v) is 11.8. The summed E-state index contributed by atoms with van der Waals surface area (Å²) in [7, 11) is 3.35. The Bertz CT molecular complexity index is 1580. The molecule has 0 atom stereocenters. The second-order valence-corrected chi connectivity index (χ2v) is 8.94. The molecule has 0 amide bonds. The first kappa shape index (κ1) is 21.9. The molecule has 0 radical (unpaired) electrons. The lowest BCUT2D eigenvalue weighted by molar-refractivity contribution is 0.415. The Morgan fingerprint density at radius 2 is 0.944 bits per heavy atom. The second-order valence-electron chi connectivity index (χ2n) is 8.94. The van der Waals surface area contributed by atoms with Gasteiger partial charge in [-0.2, -0.15) is 0 Å². The molecule has 0 aliphatic rings. The van der Waals surface area contributed by atoms with Crippen LogP contribution in [0.1, 0.15) is 11.1 Å². The van der Waals surface area contributed by atoms with Crippen molar-refractivity contribution in [3.8, 4) is 45.4 Å². The second kappa shape index (κ2) is 8.57. The Morgan fingerprint density at radius 3 is 1.31 bits per heavy atom. The predicted octanol–water partition coefficient (Wildman–Crippen LogP) is 6.62. The molecule has 0 unspecified atom stereocenters. The minimum Gasteiger partial charge on any atom is -0.497 e. The third-order valence-corrected chi connectivity index (χ3v) is 6.51. The van der Waals surface area contributed by atoms with Crippen molar-refractivity contribution in [3.05, 3.63) is 96.3 Å². The maximum absolute atomic E-state index is 5.40. The number of nitrogens with zero attached hydrogens (tertiary/aromatic N) is 4. The Balaban J connectivity index is 1.70. The van der Waals surface area contributed by atoms with Gasteiger partial charge in [0, 0.05) is 23.5 Å². The predicted molar refractivity (Wildman–Crippen MR) is 143 cm³/mol. The summed E-state index contributed by atoms with van der Waals surface area (Å²) in [5.41, 5.74) is 9.85. The maximum Gasteiger partial charge on any atom is 0.138 e. The van der Waals surface area contributed by atoms with E-state index < -0.39 is 0 Å². The number of rotatable bonds is 5. The van der Waals surface area contributed by atoms with Gasteiger partial charge >= 0.3 is 0 Å². The molecular formula is C30H26N4O2. The first-order valence-electron chi connectivity index (χ1n) is 11.8. The van der Waals surface area contributed by atoms with E-state index in [1.54, 1.807) is 14.2 Å². The smallest absolute Gasteiger partial charge is 0.138 e. The van der Waals surface area contributed by atoms with E-state index in [9.17, 15) is 0 Å². The van der Waals surface area contributed by atoms with E-state index in [0.29, 0.717) is 0 Å². The number of ether oxygens (including phenoxy) is 2. The van der Waals surface area contributed by atoms with Gasteiger partial charge in [0.2, 0.25) is 0 Å². The monoisotopic (exact) mass is 474 g/mol. The minimum atomic E-state index is 0.809. The van der Waals surface area contributed by atoms with E-state index in [1.807, 2.05) is 24.3 Å². The van der Waals surface area contributed by atoms with Crippen molar-refractivity contribution in [1.29, 1.82) is 0 Å². The maximum atomic E-state index is 5.40. The largest absolute Gasteiger partial charge is 0.497 e. The minimum absolute atomic E-state index is 0.809. The zero-order valence-corrected chi connectivity index (χ0v) is 20.7. The van der Waals surface area contributed by atoms with E-state index in [-0.39, 0.29) is 0 Å².